The normalized spacial score (nSPS) is 12.1. The first-order valence-corrected chi connectivity index (χ1v) is 28.3. The van der Waals surface area contributed by atoms with E-state index >= 15 is 0 Å². The van der Waals surface area contributed by atoms with Gasteiger partial charge < -0.3 is 14.2 Å². The van der Waals surface area contributed by atoms with Gasteiger partial charge in [0.1, 0.15) is 13.2 Å². The van der Waals surface area contributed by atoms with Gasteiger partial charge in [0.15, 0.2) is 6.10 Å². The standard InChI is InChI=1S/C58H108O6/c1-4-7-10-13-16-19-22-25-27-28-29-30-31-34-36-39-42-45-48-51-57(60)63-54-55(53-62-56(59)50-47-44-41-38-35-32-24-21-18-15-12-9-6-3)64-58(61)52-49-46-43-40-37-33-26-23-20-17-14-11-8-5-2/h32,35,41,44,55H,4-31,33-34,36-40,42-43,45-54H2,1-3H3/b35-32-,44-41-. The Morgan fingerprint density at radius 1 is 0.312 bits per heavy atom. The van der Waals surface area contributed by atoms with Crippen LogP contribution in [-0.4, -0.2) is 37.2 Å². The number of carbonyl (C=O) groups excluding carboxylic acids is 3. The van der Waals surface area contributed by atoms with Gasteiger partial charge in [0.2, 0.25) is 0 Å². The predicted octanol–water partition coefficient (Wildman–Crippen LogP) is 18.7. The van der Waals surface area contributed by atoms with Crippen LogP contribution in [0.3, 0.4) is 0 Å². The molecule has 0 aliphatic heterocycles. The molecule has 0 aromatic rings. The average Bonchev–Trinajstić information content (AvgIpc) is 3.29. The highest BCUT2D eigenvalue weighted by molar-refractivity contribution is 5.71. The van der Waals surface area contributed by atoms with Crippen LogP contribution in [0.5, 0.6) is 0 Å². The fourth-order valence-electron chi connectivity index (χ4n) is 8.44. The van der Waals surface area contributed by atoms with Crippen LogP contribution in [0.1, 0.15) is 310 Å². The maximum absolute atomic E-state index is 12.8. The number of rotatable bonds is 52. The summed E-state index contributed by atoms with van der Waals surface area (Å²) in [5.74, 6) is -0.934. The molecule has 0 saturated carbocycles. The van der Waals surface area contributed by atoms with Crippen molar-refractivity contribution in [1.29, 1.82) is 0 Å². The molecule has 0 aliphatic rings. The third kappa shape index (κ3) is 50.9. The molecule has 0 amide bonds. The van der Waals surface area contributed by atoms with Gasteiger partial charge in [-0.25, -0.2) is 0 Å². The van der Waals surface area contributed by atoms with E-state index in [0.29, 0.717) is 19.3 Å². The summed E-state index contributed by atoms with van der Waals surface area (Å²) in [6, 6.07) is 0. The molecule has 0 radical (unpaired) electrons. The highest BCUT2D eigenvalue weighted by atomic mass is 16.6. The molecule has 0 saturated heterocycles. The third-order valence-corrected chi connectivity index (χ3v) is 12.7. The Balaban J connectivity index is 4.33. The van der Waals surface area contributed by atoms with Crippen LogP contribution < -0.4 is 0 Å². The lowest BCUT2D eigenvalue weighted by atomic mass is 10.0. The van der Waals surface area contributed by atoms with E-state index in [4.69, 9.17) is 14.2 Å². The van der Waals surface area contributed by atoms with Crippen LogP contribution >= 0.6 is 0 Å². The molecule has 1 unspecified atom stereocenters. The Labute approximate surface area is 398 Å². The Morgan fingerprint density at radius 3 is 0.953 bits per heavy atom. The highest BCUT2D eigenvalue weighted by Gasteiger charge is 2.19. The summed E-state index contributed by atoms with van der Waals surface area (Å²) >= 11 is 0. The van der Waals surface area contributed by atoms with Crippen LogP contribution in [0.25, 0.3) is 0 Å². The fraction of sp³-hybridized carbons (Fsp3) is 0.879. The maximum atomic E-state index is 12.8. The second-order valence-electron chi connectivity index (χ2n) is 19.2. The van der Waals surface area contributed by atoms with Gasteiger partial charge in [-0.2, -0.15) is 0 Å². The Bertz CT molecular complexity index is 1040. The number of allylic oxidation sites excluding steroid dienone is 4. The van der Waals surface area contributed by atoms with E-state index in [1.54, 1.807) is 0 Å². The number of ether oxygens (including phenoxy) is 3. The van der Waals surface area contributed by atoms with Crippen molar-refractivity contribution in [3.8, 4) is 0 Å². The van der Waals surface area contributed by atoms with E-state index < -0.39 is 6.10 Å². The van der Waals surface area contributed by atoms with E-state index in [-0.39, 0.29) is 37.5 Å². The first kappa shape index (κ1) is 61.9. The fourth-order valence-corrected chi connectivity index (χ4v) is 8.44. The molecular formula is C58H108O6. The number of unbranched alkanes of at least 4 members (excludes halogenated alkanes) is 37. The predicted molar refractivity (Wildman–Crippen MR) is 275 cm³/mol. The molecule has 0 spiro atoms. The molecule has 376 valence electrons. The zero-order valence-electron chi connectivity index (χ0n) is 43.1. The largest absolute Gasteiger partial charge is 0.462 e. The molecule has 6 heteroatoms. The zero-order chi connectivity index (χ0) is 46.5. The number of esters is 3. The van der Waals surface area contributed by atoms with Crippen molar-refractivity contribution in [1.82, 2.24) is 0 Å². The van der Waals surface area contributed by atoms with Crippen molar-refractivity contribution in [2.75, 3.05) is 13.2 Å². The molecule has 6 nitrogen and oxygen atoms in total. The molecule has 0 heterocycles. The van der Waals surface area contributed by atoms with Crippen molar-refractivity contribution in [3.05, 3.63) is 24.3 Å². The first-order valence-electron chi connectivity index (χ1n) is 28.3. The summed E-state index contributed by atoms with van der Waals surface area (Å²) in [6.45, 7) is 6.63. The topological polar surface area (TPSA) is 78.9 Å². The molecule has 0 N–H and O–H groups in total. The molecule has 64 heavy (non-hydrogen) atoms. The van der Waals surface area contributed by atoms with Crippen LogP contribution in [0.4, 0.5) is 0 Å². The molecule has 0 aromatic heterocycles. The van der Waals surface area contributed by atoms with Crippen molar-refractivity contribution in [2.45, 2.75) is 316 Å². The SMILES string of the molecule is CCCCCCCC/C=C\C/C=C\CCC(=O)OCC(COC(=O)CCCCCCCCCCCCCCCCCCCCC)OC(=O)CCCCCCCCCCCCCCCC. The highest BCUT2D eigenvalue weighted by Crippen LogP contribution is 2.17. The Hall–Kier alpha value is -2.11. The number of hydrogen-bond donors (Lipinski definition) is 0. The Morgan fingerprint density at radius 2 is 0.594 bits per heavy atom. The van der Waals surface area contributed by atoms with Crippen molar-refractivity contribution >= 4 is 17.9 Å². The molecule has 0 aliphatic carbocycles. The zero-order valence-corrected chi connectivity index (χ0v) is 43.1. The van der Waals surface area contributed by atoms with E-state index in [2.05, 4.69) is 39.0 Å². The van der Waals surface area contributed by atoms with Gasteiger partial charge in [0.05, 0.1) is 0 Å². The third-order valence-electron chi connectivity index (χ3n) is 12.7. The number of carbonyl (C=O) groups is 3. The van der Waals surface area contributed by atoms with E-state index in [1.165, 1.54) is 212 Å². The monoisotopic (exact) mass is 901 g/mol. The lowest BCUT2D eigenvalue weighted by Gasteiger charge is -2.18. The van der Waals surface area contributed by atoms with E-state index in [9.17, 15) is 14.4 Å². The Kier molecular flexibility index (Phi) is 51.7. The molecule has 0 bridgehead atoms. The van der Waals surface area contributed by atoms with Gasteiger partial charge in [-0.15, -0.1) is 0 Å². The first-order chi connectivity index (χ1) is 31.5. The molecule has 0 rings (SSSR count). The average molecular weight is 901 g/mol. The maximum Gasteiger partial charge on any atom is 0.306 e. The van der Waals surface area contributed by atoms with Crippen LogP contribution in [-0.2, 0) is 28.6 Å². The summed E-state index contributed by atoms with van der Waals surface area (Å²) < 4.78 is 16.8. The van der Waals surface area contributed by atoms with E-state index in [1.807, 2.05) is 6.08 Å². The second-order valence-corrected chi connectivity index (χ2v) is 19.2. The quantitative estimate of drug-likeness (QED) is 0.0262. The minimum atomic E-state index is -0.788. The van der Waals surface area contributed by atoms with Crippen LogP contribution in [0.2, 0.25) is 0 Å². The summed E-state index contributed by atoms with van der Waals surface area (Å²) in [6.07, 6.45) is 61.8. The summed E-state index contributed by atoms with van der Waals surface area (Å²) in [4.78, 5) is 38.0. The summed E-state index contributed by atoms with van der Waals surface area (Å²) in [5, 5.41) is 0. The van der Waals surface area contributed by atoms with Crippen molar-refractivity contribution < 1.29 is 28.6 Å². The lowest BCUT2D eigenvalue weighted by Crippen LogP contribution is -2.30. The smallest absolute Gasteiger partial charge is 0.306 e. The summed E-state index contributed by atoms with van der Waals surface area (Å²) in [5.41, 5.74) is 0. The van der Waals surface area contributed by atoms with Gasteiger partial charge in [-0.3, -0.25) is 14.4 Å². The lowest BCUT2D eigenvalue weighted by molar-refractivity contribution is -0.166. The summed E-state index contributed by atoms with van der Waals surface area (Å²) in [7, 11) is 0. The van der Waals surface area contributed by atoms with Crippen molar-refractivity contribution in [2.24, 2.45) is 0 Å². The van der Waals surface area contributed by atoms with Gasteiger partial charge in [-0.1, -0.05) is 276 Å². The van der Waals surface area contributed by atoms with Gasteiger partial charge in [0, 0.05) is 19.3 Å². The van der Waals surface area contributed by atoms with Crippen LogP contribution in [0.15, 0.2) is 24.3 Å². The van der Waals surface area contributed by atoms with E-state index in [0.717, 1.165) is 51.4 Å². The molecular weight excluding hydrogens is 793 g/mol. The van der Waals surface area contributed by atoms with Gasteiger partial charge in [0.25, 0.3) is 0 Å². The molecule has 0 aromatic carbocycles. The van der Waals surface area contributed by atoms with Gasteiger partial charge >= 0.3 is 17.9 Å². The minimum Gasteiger partial charge on any atom is -0.462 e. The molecule has 0 fully saturated rings. The second kappa shape index (κ2) is 53.5. The minimum absolute atomic E-state index is 0.0826. The van der Waals surface area contributed by atoms with Crippen LogP contribution in [0, 0.1) is 0 Å². The molecule has 1 atom stereocenters. The number of hydrogen-bond acceptors (Lipinski definition) is 6. The van der Waals surface area contributed by atoms with Gasteiger partial charge in [-0.05, 0) is 38.5 Å². The van der Waals surface area contributed by atoms with Crippen molar-refractivity contribution in [3.63, 3.8) is 0 Å².